The Kier molecular flexibility index (Phi) is 12.3. The van der Waals surface area contributed by atoms with Gasteiger partial charge in [-0.05, 0) is 37.8 Å². The fraction of sp³-hybridized carbons (Fsp3) is 0.778. The molecule has 2 nitrogen and oxygen atoms in total. The summed E-state index contributed by atoms with van der Waals surface area (Å²) in [7, 11) is 0. The van der Waals surface area contributed by atoms with E-state index in [0.29, 0.717) is 0 Å². The second kappa shape index (κ2) is 14.7. The van der Waals surface area contributed by atoms with Crippen LogP contribution in [-0.4, -0.2) is 5.66 Å². The quantitative estimate of drug-likeness (QED) is 0.226. The van der Waals surface area contributed by atoms with E-state index in [1.54, 1.807) is 0 Å². The molecule has 0 unspecified atom stereocenters. The molecule has 0 saturated heterocycles. The first-order chi connectivity index (χ1) is 14.3. The maximum Gasteiger partial charge on any atom is 0.151 e. The second-order valence-corrected chi connectivity index (χ2v) is 9.14. The van der Waals surface area contributed by atoms with Gasteiger partial charge in [0.2, 0.25) is 0 Å². The van der Waals surface area contributed by atoms with E-state index in [1.165, 1.54) is 103 Å². The average Bonchev–Trinajstić information content (AvgIpc) is 3.10. The number of hydrogen-bond donors (Lipinski definition) is 0. The van der Waals surface area contributed by atoms with Gasteiger partial charge in [-0.2, -0.15) is 0 Å². The van der Waals surface area contributed by atoms with Crippen LogP contribution in [0.2, 0.25) is 0 Å². The maximum absolute atomic E-state index is 5.13. The molecule has 1 aliphatic rings. The third kappa shape index (κ3) is 9.45. The molecule has 1 aromatic carbocycles. The summed E-state index contributed by atoms with van der Waals surface area (Å²) in [6, 6.07) is 8.48. The average molecular weight is 399 g/mol. The van der Waals surface area contributed by atoms with Crippen LogP contribution in [0.25, 0.3) is 0 Å². The Morgan fingerprint density at radius 2 is 0.862 bits per heavy atom. The van der Waals surface area contributed by atoms with Crippen LogP contribution < -0.4 is 10.7 Å². The van der Waals surface area contributed by atoms with Crippen LogP contribution in [0.3, 0.4) is 0 Å². The number of para-hydroxylation sites is 2. The first-order valence-corrected chi connectivity index (χ1v) is 12.8. The molecule has 0 atom stereocenters. The van der Waals surface area contributed by atoms with Gasteiger partial charge in [0.25, 0.3) is 0 Å². The van der Waals surface area contributed by atoms with E-state index in [-0.39, 0.29) is 5.66 Å². The highest BCUT2D eigenvalue weighted by Gasteiger charge is 2.29. The molecule has 0 aromatic heterocycles. The summed E-state index contributed by atoms with van der Waals surface area (Å²) < 4.78 is 0. The first kappa shape index (κ1) is 24.1. The zero-order valence-corrected chi connectivity index (χ0v) is 19.4. The van der Waals surface area contributed by atoms with Crippen LogP contribution in [0.1, 0.15) is 129 Å². The van der Waals surface area contributed by atoms with Gasteiger partial charge in [-0.3, -0.25) is 9.98 Å². The summed E-state index contributed by atoms with van der Waals surface area (Å²) in [6.07, 6.45) is 24.2. The standard InChI is InChI=1S/C27H46N2/c1-3-5-7-9-11-13-15-19-23-27(24-20-16-14-12-10-8-6-4-2)28-25-21-17-18-22-26(25)29-27/h17-18,21-22H,3-16,19-20,23-24H2,1-2H3. The highest BCUT2D eigenvalue weighted by atomic mass is 15.1. The van der Waals surface area contributed by atoms with Gasteiger partial charge in [0.1, 0.15) is 0 Å². The van der Waals surface area contributed by atoms with Crippen molar-refractivity contribution in [3.05, 3.63) is 35.0 Å². The van der Waals surface area contributed by atoms with Crippen molar-refractivity contribution >= 4 is 0 Å². The summed E-state index contributed by atoms with van der Waals surface area (Å²) in [5.74, 6) is 0. The lowest BCUT2D eigenvalue weighted by atomic mass is 9.95. The smallest absolute Gasteiger partial charge is 0.151 e. The second-order valence-electron chi connectivity index (χ2n) is 9.14. The Bertz CT molecular complexity index is 592. The molecule has 0 amide bonds. The number of hydrogen-bond acceptors (Lipinski definition) is 2. The number of rotatable bonds is 18. The summed E-state index contributed by atoms with van der Waals surface area (Å²) in [4.78, 5) is 10.3. The van der Waals surface area contributed by atoms with Gasteiger partial charge in [-0.15, -0.1) is 0 Å². The SMILES string of the molecule is CCCCCCCCCCC1(CCCCCCCCCC)N=c2ccccc2=N1. The molecule has 0 bridgehead atoms. The van der Waals surface area contributed by atoms with E-state index in [9.17, 15) is 0 Å². The van der Waals surface area contributed by atoms with Crippen LogP contribution in [0.15, 0.2) is 34.3 Å². The molecule has 29 heavy (non-hydrogen) atoms. The van der Waals surface area contributed by atoms with Crippen LogP contribution >= 0.6 is 0 Å². The molecule has 0 radical (unpaired) electrons. The summed E-state index contributed by atoms with van der Waals surface area (Å²) in [5.41, 5.74) is -0.159. The molecule has 0 aliphatic carbocycles. The molecule has 0 fully saturated rings. The number of fused-ring (bicyclic) bond motifs is 1. The van der Waals surface area contributed by atoms with Crippen molar-refractivity contribution in [3.8, 4) is 0 Å². The zero-order chi connectivity index (χ0) is 20.6. The summed E-state index contributed by atoms with van der Waals surface area (Å²) in [6.45, 7) is 4.58. The monoisotopic (exact) mass is 398 g/mol. The van der Waals surface area contributed by atoms with Crippen molar-refractivity contribution in [1.29, 1.82) is 0 Å². The van der Waals surface area contributed by atoms with Gasteiger partial charge < -0.3 is 0 Å². The van der Waals surface area contributed by atoms with E-state index < -0.39 is 0 Å². The van der Waals surface area contributed by atoms with Crippen molar-refractivity contribution in [2.24, 2.45) is 9.98 Å². The van der Waals surface area contributed by atoms with Gasteiger partial charge in [0.15, 0.2) is 5.66 Å². The molecule has 164 valence electrons. The third-order valence-electron chi connectivity index (χ3n) is 6.40. The lowest BCUT2D eigenvalue weighted by Crippen LogP contribution is -2.23. The minimum atomic E-state index is -0.159. The molecular formula is C27H46N2. The summed E-state index contributed by atoms with van der Waals surface area (Å²) in [5, 5.41) is 2.23. The van der Waals surface area contributed by atoms with Gasteiger partial charge in [-0.25, -0.2) is 0 Å². The van der Waals surface area contributed by atoms with Gasteiger partial charge >= 0.3 is 0 Å². The number of unbranched alkanes of at least 4 members (excludes halogenated alkanes) is 14. The third-order valence-corrected chi connectivity index (χ3v) is 6.40. The molecule has 1 heterocycles. The van der Waals surface area contributed by atoms with Crippen LogP contribution in [-0.2, 0) is 0 Å². The first-order valence-electron chi connectivity index (χ1n) is 12.8. The minimum absolute atomic E-state index is 0.159. The molecule has 0 N–H and O–H groups in total. The summed E-state index contributed by atoms with van der Waals surface area (Å²) >= 11 is 0. The molecular weight excluding hydrogens is 352 g/mol. The zero-order valence-electron chi connectivity index (χ0n) is 19.4. The van der Waals surface area contributed by atoms with Crippen LogP contribution in [0.4, 0.5) is 0 Å². The number of benzene rings is 1. The van der Waals surface area contributed by atoms with Crippen molar-refractivity contribution in [2.75, 3.05) is 0 Å². The Labute approximate surface area is 180 Å². The maximum atomic E-state index is 5.13. The molecule has 0 saturated carbocycles. The van der Waals surface area contributed by atoms with Crippen molar-refractivity contribution in [1.82, 2.24) is 0 Å². The van der Waals surface area contributed by atoms with Gasteiger partial charge in [0.05, 0.1) is 10.7 Å². The highest BCUT2D eigenvalue weighted by molar-refractivity contribution is 5.07. The van der Waals surface area contributed by atoms with Crippen LogP contribution in [0.5, 0.6) is 0 Å². The molecule has 2 heteroatoms. The van der Waals surface area contributed by atoms with E-state index in [4.69, 9.17) is 9.98 Å². The fourth-order valence-electron chi connectivity index (χ4n) is 4.56. The molecule has 0 spiro atoms. The van der Waals surface area contributed by atoms with Crippen molar-refractivity contribution in [2.45, 2.75) is 135 Å². The Hall–Kier alpha value is -1.18. The Morgan fingerprint density at radius 1 is 0.517 bits per heavy atom. The Balaban J connectivity index is 1.73. The van der Waals surface area contributed by atoms with Gasteiger partial charge in [-0.1, -0.05) is 116 Å². The molecule has 1 aliphatic heterocycles. The van der Waals surface area contributed by atoms with E-state index in [2.05, 4.69) is 38.1 Å². The normalized spacial score (nSPS) is 14.4. The predicted molar refractivity (Wildman–Crippen MR) is 126 cm³/mol. The van der Waals surface area contributed by atoms with Gasteiger partial charge in [0, 0.05) is 0 Å². The highest BCUT2D eigenvalue weighted by Crippen LogP contribution is 2.29. The van der Waals surface area contributed by atoms with E-state index in [0.717, 1.165) is 23.6 Å². The predicted octanol–water partition coefficient (Wildman–Crippen LogP) is 7.70. The lowest BCUT2D eigenvalue weighted by molar-refractivity contribution is 0.348. The largest absolute Gasteiger partial charge is 0.253 e. The number of nitrogens with zero attached hydrogens (tertiary/aromatic N) is 2. The topological polar surface area (TPSA) is 24.7 Å². The lowest BCUT2D eigenvalue weighted by Gasteiger charge is -2.23. The fourth-order valence-corrected chi connectivity index (χ4v) is 4.56. The van der Waals surface area contributed by atoms with Crippen molar-refractivity contribution in [3.63, 3.8) is 0 Å². The van der Waals surface area contributed by atoms with E-state index >= 15 is 0 Å². The minimum Gasteiger partial charge on any atom is -0.253 e. The Morgan fingerprint density at radius 3 is 1.24 bits per heavy atom. The van der Waals surface area contributed by atoms with Crippen LogP contribution in [0, 0.1) is 0 Å². The van der Waals surface area contributed by atoms with Crippen molar-refractivity contribution < 1.29 is 0 Å². The van der Waals surface area contributed by atoms with E-state index in [1.807, 2.05) is 0 Å². The molecule has 2 rings (SSSR count). The molecule has 1 aromatic rings.